The van der Waals surface area contributed by atoms with Crippen molar-refractivity contribution in [3.8, 4) is 11.4 Å². The van der Waals surface area contributed by atoms with Crippen LogP contribution >= 0.6 is 12.4 Å². The molecule has 2 N–H and O–H groups in total. The van der Waals surface area contributed by atoms with Crippen molar-refractivity contribution in [3.05, 3.63) is 53.9 Å². The predicted molar refractivity (Wildman–Crippen MR) is 97.0 cm³/mol. The highest BCUT2D eigenvalue weighted by atomic mass is 35.5. The van der Waals surface area contributed by atoms with Gasteiger partial charge >= 0.3 is 0 Å². The lowest BCUT2D eigenvalue weighted by Crippen LogP contribution is -2.23. The first-order valence-corrected chi connectivity index (χ1v) is 8.21. The van der Waals surface area contributed by atoms with Gasteiger partial charge in [0.05, 0.1) is 12.2 Å². The van der Waals surface area contributed by atoms with E-state index in [9.17, 15) is 4.79 Å². The average molecular weight is 375 g/mol. The molecule has 4 heterocycles. The van der Waals surface area contributed by atoms with Crippen molar-refractivity contribution in [1.29, 1.82) is 0 Å². The zero-order valence-electron chi connectivity index (χ0n) is 14.0. The van der Waals surface area contributed by atoms with Crippen LogP contribution in [-0.4, -0.2) is 38.7 Å². The molecule has 3 aromatic rings. The molecular weight excluding hydrogens is 356 g/mol. The first kappa shape index (κ1) is 18.1. The fraction of sp³-hybridized carbons (Fsp3) is 0.294. The number of halogens is 1. The molecule has 0 atom stereocenters. The minimum Gasteiger partial charge on any atom is -0.359 e. The zero-order chi connectivity index (χ0) is 17.1. The van der Waals surface area contributed by atoms with Gasteiger partial charge in [0.2, 0.25) is 0 Å². The molecule has 0 unspecified atom stereocenters. The third kappa shape index (κ3) is 3.92. The summed E-state index contributed by atoms with van der Waals surface area (Å²) in [4.78, 5) is 21.0. The Balaban J connectivity index is 0.00000196. The monoisotopic (exact) mass is 374 g/mol. The number of aromatic nitrogens is 4. The molecule has 0 aliphatic carbocycles. The van der Waals surface area contributed by atoms with Crippen molar-refractivity contribution in [2.75, 3.05) is 13.1 Å². The highest BCUT2D eigenvalue weighted by Crippen LogP contribution is 2.16. The molecule has 0 fully saturated rings. The number of carbonyl (C=O) groups is 1. The molecule has 1 aliphatic rings. The molecule has 9 heteroatoms. The van der Waals surface area contributed by atoms with Gasteiger partial charge in [0.25, 0.3) is 5.91 Å². The molecule has 0 spiro atoms. The number of fused-ring (bicyclic) bond motifs is 1. The summed E-state index contributed by atoms with van der Waals surface area (Å²) in [5.41, 5.74) is 1.81. The number of hydrogen-bond acceptors (Lipinski definition) is 6. The van der Waals surface area contributed by atoms with Crippen molar-refractivity contribution in [1.82, 2.24) is 30.3 Å². The van der Waals surface area contributed by atoms with Crippen LogP contribution in [0.3, 0.4) is 0 Å². The topological polar surface area (TPSA) is 97.9 Å². The SMILES string of the molecule is Cl.O=C(NCc1cc(-c2ccccn2)no1)c1cn2c(n1)CCNCC2. The first-order valence-electron chi connectivity index (χ1n) is 8.21. The summed E-state index contributed by atoms with van der Waals surface area (Å²) in [6.45, 7) is 2.85. The molecule has 136 valence electrons. The number of pyridine rings is 1. The highest BCUT2D eigenvalue weighted by molar-refractivity contribution is 5.92. The Bertz CT molecular complexity index is 853. The van der Waals surface area contributed by atoms with Gasteiger partial charge in [-0.25, -0.2) is 4.98 Å². The quantitative estimate of drug-likeness (QED) is 0.717. The van der Waals surface area contributed by atoms with Gasteiger partial charge in [-0.2, -0.15) is 0 Å². The van der Waals surface area contributed by atoms with E-state index in [0.717, 1.165) is 37.6 Å². The summed E-state index contributed by atoms with van der Waals surface area (Å²) in [5.74, 6) is 1.29. The van der Waals surface area contributed by atoms with Gasteiger partial charge in [-0.05, 0) is 12.1 Å². The van der Waals surface area contributed by atoms with Gasteiger partial charge in [0, 0.05) is 44.5 Å². The Kier molecular flexibility index (Phi) is 5.65. The molecule has 8 nitrogen and oxygen atoms in total. The minimum atomic E-state index is -0.218. The van der Waals surface area contributed by atoms with Crippen LogP contribution in [0, 0.1) is 0 Å². The smallest absolute Gasteiger partial charge is 0.271 e. The number of nitrogens with one attached hydrogen (secondary N) is 2. The number of nitrogens with zero attached hydrogens (tertiary/aromatic N) is 4. The van der Waals surface area contributed by atoms with Crippen LogP contribution in [0.1, 0.15) is 22.1 Å². The summed E-state index contributed by atoms with van der Waals surface area (Å²) >= 11 is 0. The summed E-state index contributed by atoms with van der Waals surface area (Å²) < 4.78 is 7.29. The molecule has 0 saturated carbocycles. The maximum Gasteiger partial charge on any atom is 0.271 e. The fourth-order valence-electron chi connectivity index (χ4n) is 2.77. The Morgan fingerprint density at radius 3 is 3.08 bits per heavy atom. The molecule has 26 heavy (non-hydrogen) atoms. The Morgan fingerprint density at radius 1 is 1.31 bits per heavy atom. The van der Waals surface area contributed by atoms with Gasteiger partial charge in [-0.1, -0.05) is 11.2 Å². The fourth-order valence-corrected chi connectivity index (χ4v) is 2.77. The Morgan fingerprint density at radius 2 is 2.23 bits per heavy atom. The van der Waals surface area contributed by atoms with E-state index in [2.05, 4.69) is 25.8 Å². The maximum atomic E-state index is 12.3. The lowest BCUT2D eigenvalue weighted by Gasteiger charge is -2.00. The molecule has 4 rings (SSSR count). The van der Waals surface area contributed by atoms with Crippen LogP contribution in [0.25, 0.3) is 11.4 Å². The van der Waals surface area contributed by atoms with Crippen molar-refractivity contribution in [2.24, 2.45) is 0 Å². The van der Waals surface area contributed by atoms with Crippen LogP contribution < -0.4 is 10.6 Å². The minimum absolute atomic E-state index is 0. The number of amides is 1. The molecule has 0 saturated heterocycles. The lowest BCUT2D eigenvalue weighted by atomic mass is 10.2. The largest absolute Gasteiger partial charge is 0.359 e. The molecule has 1 amide bonds. The number of rotatable bonds is 4. The molecule has 3 aromatic heterocycles. The van der Waals surface area contributed by atoms with Crippen LogP contribution in [0.15, 0.2) is 41.2 Å². The summed E-state index contributed by atoms with van der Waals surface area (Å²) in [5, 5.41) is 10.1. The van der Waals surface area contributed by atoms with Gasteiger partial charge in [0.15, 0.2) is 5.76 Å². The van der Waals surface area contributed by atoms with Gasteiger partial charge in [-0.15, -0.1) is 12.4 Å². The molecule has 0 bridgehead atoms. The summed E-state index contributed by atoms with van der Waals surface area (Å²) in [7, 11) is 0. The van der Waals surface area contributed by atoms with E-state index >= 15 is 0 Å². The van der Waals surface area contributed by atoms with Gasteiger partial charge in [0.1, 0.15) is 17.2 Å². The number of imidazole rings is 1. The van der Waals surface area contributed by atoms with Crippen LogP contribution in [-0.2, 0) is 19.5 Å². The third-order valence-corrected chi connectivity index (χ3v) is 4.06. The predicted octanol–water partition coefficient (Wildman–Crippen LogP) is 1.43. The van der Waals surface area contributed by atoms with Gasteiger partial charge < -0.3 is 19.7 Å². The van der Waals surface area contributed by atoms with Crippen molar-refractivity contribution >= 4 is 18.3 Å². The van der Waals surface area contributed by atoms with Crippen molar-refractivity contribution in [3.63, 3.8) is 0 Å². The second kappa shape index (κ2) is 8.11. The summed E-state index contributed by atoms with van der Waals surface area (Å²) in [6, 6.07) is 7.36. The molecule has 1 aliphatic heterocycles. The third-order valence-electron chi connectivity index (χ3n) is 4.06. The first-order chi connectivity index (χ1) is 12.3. The summed E-state index contributed by atoms with van der Waals surface area (Å²) in [6.07, 6.45) is 4.32. The second-order valence-electron chi connectivity index (χ2n) is 5.81. The maximum absolute atomic E-state index is 12.3. The number of hydrogen-bond donors (Lipinski definition) is 2. The van der Waals surface area contributed by atoms with E-state index in [4.69, 9.17) is 4.52 Å². The van der Waals surface area contributed by atoms with E-state index in [-0.39, 0.29) is 24.9 Å². The van der Waals surface area contributed by atoms with Crippen LogP contribution in [0.4, 0.5) is 0 Å². The van der Waals surface area contributed by atoms with E-state index in [0.29, 0.717) is 17.1 Å². The number of carbonyl (C=O) groups excluding carboxylic acids is 1. The van der Waals surface area contributed by atoms with E-state index in [1.165, 1.54) is 0 Å². The van der Waals surface area contributed by atoms with E-state index in [1.807, 2.05) is 22.8 Å². The van der Waals surface area contributed by atoms with Crippen LogP contribution in [0.2, 0.25) is 0 Å². The standard InChI is InChI=1S/C17H18N6O2.ClH/c24-17(15-11-23-8-7-18-6-4-16(23)21-15)20-10-12-9-14(22-25-12)13-3-1-2-5-19-13;/h1-3,5,9,11,18H,4,6-8,10H2,(H,20,24);1H. The average Bonchev–Trinajstić information content (AvgIpc) is 3.23. The van der Waals surface area contributed by atoms with Crippen molar-refractivity contribution in [2.45, 2.75) is 19.5 Å². The molecule has 0 radical (unpaired) electrons. The van der Waals surface area contributed by atoms with Crippen molar-refractivity contribution < 1.29 is 9.32 Å². The second-order valence-corrected chi connectivity index (χ2v) is 5.81. The Hall–Kier alpha value is -2.71. The van der Waals surface area contributed by atoms with E-state index < -0.39 is 0 Å². The highest BCUT2D eigenvalue weighted by Gasteiger charge is 2.16. The Labute approximate surface area is 156 Å². The lowest BCUT2D eigenvalue weighted by molar-refractivity contribution is 0.0942. The van der Waals surface area contributed by atoms with Crippen LogP contribution in [0.5, 0.6) is 0 Å². The normalized spacial score (nSPS) is 13.4. The molecule has 0 aromatic carbocycles. The zero-order valence-corrected chi connectivity index (χ0v) is 14.8. The molecular formula is C17H19ClN6O2. The van der Waals surface area contributed by atoms with Gasteiger partial charge in [-0.3, -0.25) is 9.78 Å². The van der Waals surface area contributed by atoms with E-state index in [1.54, 1.807) is 18.5 Å².